The predicted molar refractivity (Wildman–Crippen MR) is 87.7 cm³/mol. The van der Waals surface area contributed by atoms with E-state index in [1.165, 1.54) is 24.3 Å². The van der Waals surface area contributed by atoms with Crippen LogP contribution < -0.4 is 9.50 Å². The van der Waals surface area contributed by atoms with Gasteiger partial charge in [-0.1, -0.05) is 3.89 Å². The molecule has 0 radical (unpaired) electrons. The number of amides is 1. The zero-order valence-corrected chi connectivity index (χ0v) is 14.9. The Balaban J connectivity index is 2.04. The maximum Gasteiger partial charge on any atom is 0.488 e. The van der Waals surface area contributed by atoms with Crippen LogP contribution in [0, 0.1) is 5.92 Å². The summed E-state index contributed by atoms with van der Waals surface area (Å²) in [5.74, 6) is -0.499. The van der Waals surface area contributed by atoms with Crippen molar-refractivity contribution in [2.24, 2.45) is 5.92 Å². The van der Waals surface area contributed by atoms with Crippen LogP contribution in [-0.2, 0) is 20.0 Å². The zero-order valence-electron chi connectivity index (χ0n) is 14.1. The Hall–Kier alpha value is -1.67. The van der Waals surface area contributed by atoms with Gasteiger partial charge >= 0.3 is 10.5 Å². The number of halogens is 1. The fourth-order valence-corrected chi connectivity index (χ4v) is 3.57. The second kappa shape index (κ2) is 6.33. The molecule has 1 aromatic carbocycles. The van der Waals surface area contributed by atoms with Crippen molar-refractivity contribution in [3.05, 3.63) is 24.3 Å². The summed E-state index contributed by atoms with van der Waals surface area (Å²) in [6, 6.07) is 5.44. The van der Waals surface area contributed by atoms with Gasteiger partial charge in [0.2, 0.25) is 5.91 Å². The summed E-state index contributed by atoms with van der Waals surface area (Å²) in [5, 5.41) is 2.78. The summed E-state index contributed by atoms with van der Waals surface area (Å²) in [4.78, 5) is 12.5. The van der Waals surface area contributed by atoms with Crippen LogP contribution in [0.5, 0.6) is 5.75 Å². The van der Waals surface area contributed by atoms with E-state index < -0.39 is 21.7 Å². The SMILES string of the molecule is CC1(C)CC(C(=O)Nc2ccc(OS(=O)(=O)F)cc2)CC(C)(C)O1. The van der Waals surface area contributed by atoms with Gasteiger partial charge in [0, 0.05) is 11.6 Å². The van der Waals surface area contributed by atoms with Gasteiger partial charge in [0.25, 0.3) is 0 Å². The summed E-state index contributed by atoms with van der Waals surface area (Å²) < 4.78 is 43.4. The van der Waals surface area contributed by atoms with Crippen molar-refractivity contribution in [2.75, 3.05) is 5.32 Å². The quantitative estimate of drug-likeness (QED) is 0.835. The molecule has 1 N–H and O–H groups in total. The third-order valence-electron chi connectivity index (χ3n) is 3.72. The molecule has 0 bridgehead atoms. The number of anilines is 1. The third-order valence-corrected chi connectivity index (χ3v) is 4.11. The van der Waals surface area contributed by atoms with E-state index in [2.05, 4.69) is 9.50 Å². The molecule has 1 aliphatic heterocycles. The van der Waals surface area contributed by atoms with E-state index >= 15 is 0 Å². The van der Waals surface area contributed by atoms with Gasteiger partial charge in [0.05, 0.1) is 11.2 Å². The second-order valence-corrected chi connectivity index (χ2v) is 8.17. The molecule has 1 amide bonds. The first-order valence-electron chi connectivity index (χ1n) is 7.60. The van der Waals surface area contributed by atoms with E-state index in [9.17, 15) is 17.1 Å². The van der Waals surface area contributed by atoms with Crippen LogP contribution in [0.15, 0.2) is 24.3 Å². The highest BCUT2D eigenvalue weighted by Gasteiger charge is 2.41. The van der Waals surface area contributed by atoms with Crippen molar-refractivity contribution in [3.63, 3.8) is 0 Å². The standard InChI is InChI=1S/C16H22FNO5S/c1-15(2)9-11(10-16(3,4)23-15)14(19)18-12-5-7-13(8-6-12)22-24(17,20)21/h5-8,11H,9-10H2,1-4H3,(H,18,19). The van der Waals surface area contributed by atoms with Gasteiger partial charge in [-0.15, -0.1) is 0 Å². The van der Waals surface area contributed by atoms with Gasteiger partial charge < -0.3 is 14.2 Å². The number of ether oxygens (including phenoxy) is 1. The molecule has 6 nitrogen and oxygen atoms in total. The molecule has 0 saturated carbocycles. The Bertz CT molecular complexity index is 696. The first-order valence-corrected chi connectivity index (χ1v) is 8.91. The first-order chi connectivity index (χ1) is 10.9. The molecular weight excluding hydrogens is 337 g/mol. The smallest absolute Gasteiger partial charge is 0.370 e. The minimum absolute atomic E-state index is 0.133. The van der Waals surface area contributed by atoms with Gasteiger partial charge in [-0.25, -0.2) is 0 Å². The lowest BCUT2D eigenvalue weighted by Crippen LogP contribution is -2.48. The Kier molecular flexibility index (Phi) is 4.92. The molecule has 0 unspecified atom stereocenters. The van der Waals surface area contributed by atoms with E-state index in [1.807, 2.05) is 27.7 Å². The topological polar surface area (TPSA) is 81.7 Å². The molecule has 24 heavy (non-hydrogen) atoms. The molecule has 0 atom stereocenters. The summed E-state index contributed by atoms with van der Waals surface area (Å²) in [7, 11) is -5.06. The summed E-state index contributed by atoms with van der Waals surface area (Å²) in [6.07, 6.45) is 1.20. The lowest BCUT2D eigenvalue weighted by molar-refractivity contribution is -0.176. The highest BCUT2D eigenvalue weighted by Crippen LogP contribution is 2.38. The van der Waals surface area contributed by atoms with Gasteiger partial charge in [0.15, 0.2) is 0 Å². The summed E-state index contributed by atoms with van der Waals surface area (Å²) in [5.41, 5.74) is -0.306. The predicted octanol–water partition coefficient (Wildman–Crippen LogP) is 3.20. The Morgan fingerprint density at radius 1 is 1.17 bits per heavy atom. The van der Waals surface area contributed by atoms with Gasteiger partial charge in [-0.05, 0) is 64.8 Å². The Labute approximate surface area is 141 Å². The molecule has 1 aliphatic rings. The third kappa shape index (κ3) is 5.45. The number of carbonyl (C=O) groups excluding carboxylic acids is 1. The molecular formula is C16H22FNO5S. The minimum atomic E-state index is -5.06. The van der Waals surface area contributed by atoms with Crippen LogP contribution in [-0.4, -0.2) is 25.5 Å². The van der Waals surface area contributed by atoms with Crippen LogP contribution in [0.25, 0.3) is 0 Å². The number of benzene rings is 1. The van der Waals surface area contributed by atoms with Crippen molar-refractivity contribution >= 4 is 22.1 Å². The molecule has 1 heterocycles. The maximum absolute atomic E-state index is 12.5. The van der Waals surface area contributed by atoms with Crippen molar-refractivity contribution in [1.82, 2.24) is 0 Å². The van der Waals surface area contributed by atoms with Crippen molar-refractivity contribution in [3.8, 4) is 5.75 Å². The summed E-state index contributed by atoms with van der Waals surface area (Å²) in [6.45, 7) is 7.82. The van der Waals surface area contributed by atoms with Gasteiger partial charge in [0.1, 0.15) is 5.75 Å². The molecule has 0 aliphatic carbocycles. The molecule has 2 rings (SSSR count). The maximum atomic E-state index is 12.5. The van der Waals surface area contributed by atoms with Crippen LogP contribution in [0.2, 0.25) is 0 Å². The van der Waals surface area contributed by atoms with Crippen molar-refractivity contribution in [1.29, 1.82) is 0 Å². The fourth-order valence-electron chi connectivity index (χ4n) is 3.23. The lowest BCUT2D eigenvalue weighted by atomic mass is 9.80. The largest absolute Gasteiger partial charge is 0.488 e. The molecule has 1 fully saturated rings. The van der Waals surface area contributed by atoms with E-state index in [4.69, 9.17) is 4.74 Å². The number of carbonyl (C=O) groups is 1. The average molecular weight is 359 g/mol. The normalized spacial score (nSPS) is 20.4. The number of hydrogen-bond donors (Lipinski definition) is 1. The average Bonchev–Trinajstić information content (AvgIpc) is 2.35. The number of rotatable bonds is 4. The number of hydrogen-bond acceptors (Lipinski definition) is 5. The lowest BCUT2D eigenvalue weighted by Gasteiger charge is -2.44. The van der Waals surface area contributed by atoms with E-state index in [1.54, 1.807) is 0 Å². The molecule has 134 valence electrons. The van der Waals surface area contributed by atoms with Crippen molar-refractivity contribution in [2.45, 2.75) is 51.7 Å². The van der Waals surface area contributed by atoms with Gasteiger partial charge in [-0.3, -0.25) is 4.79 Å². The highest BCUT2D eigenvalue weighted by atomic mass is 32.3. The molecule has 1 saturated heterocycles. The van der Waals surface area contributed by atoms with Crippen LogP contribution >= 0.6 is 0 Å². The number of nitrogens with one attached hydrogen (secondary N) is 1. The molecule has 0 spiro atoms. The molecule has 0 aromatic heterocycles. The second-order valence-electron chi connectivity index (χ2n) is 7.22. The van der Waals surface area contributed by atoms with E-state index in [0.29, 0.717) is 18.5 Å². The van der Waals surface area contributed by atoms with E-state index in [-0.39, 0.29) is 17.6 Å². The molecule has 1 aromatic rings. The van der Waals surface area contributed by atoms with Crippen LogP contribution in [0.3, 0.4) is 0 Å². The molecule has 8 heteroatoms. The monoisotopic (exact) mass is 359 g/mol. The van der Waals surface area contributed by atoms with Crippen LogP contribution in [0.1, 0.15) is 40.5 Å². The van der Waals surface area contributed by atoms with Crippen LogP contribution in [0.4, 0.5) is 9.57 Å². The van der Waals surface area contributed by atoms with Crippen molar-refractivity contribution < 1.29 is 26.0 Å². The Morgan fingerprint density at radius 3 is 2.12 bits per heavy atom. The first kappa shape index (κ1) is 18.7. The fraction of sp³-hybridized carbons (Fsp3) is 0.562. The minimum Gasteiger partial charge on any atom is -0.370 e. The van der Waals surface area contributed by atoms with Gasteiger partial charge in [-0.2, -0.15) is 8.42 Å². The highest BCUT2D eigenvalue weighted by molar-refractivity contribution is 7.81. The zero-order chi connectivity index (χ0) is 18.2. The Morgan fingerprint density at radius 2 is 1.67 bits per heavy atom. The summed E-state index contributed by atoms with van der Waals surface area (Å²) >= 11 is 0. The van der Waals surface area contributed by atoms with E-state index in [0.717, 1.165) is 0 Å².